The molecule has 0 atom stereocenters. The summed E-state index contributed by atoms with van der Waals surface area (Å²) < 4.78 is 10.8. The van der Waals surface area contributed by atoms with Crippen molar-refractivity contribution in [1.29, 1.82) is 0 Å². The van der Waals surface area contributed by atoms with E-state index in [1.165, 1.54) is 29.9 Å². The molecule has 0 saturated carbocycles. The maximum Gasteiger partial charge on any atom is 0.330 e. The minimum absolute atomic E-state index is 0.386. The molecule has 0 aliphatic heterocycles. The molecule has 3 heteroatoms. The predicted octanol–water partition coefficient (Wildman–Crippen LogP) is 7.87. The lowest BCUT2D eigenvalue weighted by atomic mass is 10.0. The lowest BCUT2D eigenvalue weighted by Crippen LogP contribution is -1.99. The van der Waals surface area contributed by atoms with E-state index in [-0.39, 0.29) is 5.97 Å². The minimum Gasteiger partial charge on any atom is -0.489 e. The number of methoxy groups -OCH3 is 1. The van der Waals surface area contributed by atoms with Gasteiger partial charge in [-0.1, -0.05) is 77.9 Å². The average Bonchev–Trinajstić information content (AvgIpc) is 2.83. The SMILES string of the molecule is COC(=O)/C=C/c1ccc(Cc2ccccc2)cc1OC/C=C/CC/C=C(/C)CCC=C(C)C. The zero-order chi connectivity index (χ0) is 24.6. The van der Waals surface area contributed by atoms with Gasteiger partial charge in [-0.25, -0.2) is 4.79 Å². The third-order valence-corrected chi connectivity index (χ3v) is 5.35. The third-order valence-electron chi connectivity index (χ3n) is 5.35. The van der Waals surface area contributed by atoms with Gasteiger partial charge in [0.2, 0.25) is 0 Å². The molecular weight excluding hydrogens is 420 g/mol. The second-order valence-corrected chi connectivity index (χ2v) is 8.62. The van der Waals surface area contributed by atoms with Gasteiger partial charge in [0, 0.05) is 11.6 Å². The number of hydrogen-bond donors (Lipinski definition) is 0. The van der Waals surface area contributed by atoms with Crippen LogP contribution in [0, 0.1) is 0 Å². The van der Waals surface area contributed by atoms with Gasteiger partial charge in [0.25, 0.3) is 0 Å². The Morgan fingerprint density at radius 1 is 0.882 bits per heavy atom. The summed E-state index contributed by atoms with van der Waals surface area (Å²) in [4.78, 5) is 11.5. The van der Waals surface area contributed by atoms with Gasteiger partial charge in [-0.3, -0.25) is 0 Å². The van der Waals surface area contributed by atoms with E-state index in [0.29, 0.717) is 6.61 Å². The summed E-state index contributed by atoms with van der Waals surface area (Å²) in [7, 11) is 1.37. The number of esters is 1. The second kappa shape index (κ2) is 15.5. The number of carbonyl (C=O) groups is 1. The molecule has 0 aromatic heterocycles. The second-order valence-electron chi connectivity index (χ2n) is 8.62. The predicted molar refractivity (Wildman–Crippen MR) is 143 cm³/mol. The zero-order valence-corrected chi connectivity index (χ0v) is 21.1. The van der Waals surface area contributed by atoms with E-state index in [1.807, 2.05) is 24.3 Å². The van der Waals surface area contributed by atoms with Gasteiger partial charge in [0.15, 0.2) is 0 Å². The molecule has 0 N–H and O–H groups in total. The number of carbonyl (C=O) groups excluding carboxylic acids is 1. The normalized spacial score (nSPS) is 11.7. The molecule has 2 aromatic rings. The highest BCUT2D eigenvalue weighted by atomic mass is 16.5. The van der Waals surface area contributed by atoms with Gasteiger partial charge in [0.1, 0.15) is 12.4 Å². The van der Waals surface area contributed by atoms with Crippen LogP contribution >= 0.6 is 0 Å². The van der Waals surface area contributed by atoms with Crippen molar-refractivity contribution in [1.82, 2.24) is 0 Å². The van der Waals surface area contributed by atoms with Crippen molar-refractivity contribution in [2.45, 2.75) is 52.9 Å². The van der Waals surface area contributed by atoms with E-state index >= 15 is 0 Å². The topological polar surface area (TPSA) is 35.5 Å². The highest BCUT2D eigenvalue weighted by molar-refractivity contribution is 5.87. The van der Waals surface area contributed by atoms with Crippen molar-refractivity contribution in [2.24, 2.45) is 0 Å². The first-order valence-electron chi connectivity index (χ1n) is 12.0. The van der Waals surface area contributed by atoms with Crippen LogP contribution in [0.3, 0.4) is 0 Å². The van der Waals surface area contributed by atoms with Crippen LogP contribution in [0.15, 0.2) is 90.1 Å². The molecule has 0 aliphatic rings. The molecule has 0 spiro atoms. The van der Waals surface area contributed by atoms with Gasteiger partial charge in [-0.15, -0.1) is 0 Å². The molecule has 0 heterocycles. The first kappa shape index (κ1) is 26.9. The Bertz CT molecular complexity index is 1010. The van der Waals surface area contributed by atoms with E-state index < -0.39 is 0 Å². The maximum absolute atomic E-state index is 11.5. The third kappa shape index (κ3) is 11.0. The van der Waals surface area contributed by atoms with Gasteiger partial charge >= 0.3 is 5.97 Å². The molecule has 0 unspecified atom stereocenters. The van der Waals surface area contributed by atoms with E-state index in [9.17, 15) is 4.79 Å². The Morgan fingerprint density at radius 2 is 1.68 bits per heavy atom. The first-order valence-corrected chi connectivity index (χ1v) is 12.0. The fourth-order valence-corrected chi connectivity index (χ4v) is 3.45. The van der Waals surface area contributed by atoms with Crippen LogP contribution in [0.2, 0.25) is 0 Å². The van der Waals surface area contributed by atoms with Crippen molar-refractivity contribution in [3.05, 3.63) is 107 Å². The summed E-state index contributed by atoms with van der Waals surface area (Å²) in [6, 6.07) is 16.5. The largest absolute Gasteiger partial charge is 0.489 e. The highest BCUT2D eigenvalue weighted by Crippen LogP contribution is 2.24. The monoisotopic (exact) mass is 458 g/mol. The average molecular weight is 459 g/mol. The number of hydrogen-bond acceptors (Lipinski definition) is 3. The summed E-state index contributed by atoms with van der Waals surface area (Å²) in [5.74, 6) is 0.372. The lowest BCUT2D eigenvalue weighted by molar-refractivity contribution is -0.134. The Hall–Kier alpha value is -3.33. The van der Waals surface area contributed by atoms with Crippen molar-refractivity contribution < 1.29 is 14.3 Å². The molecule has 2 rings (SSSR count). The molecular formula is C31H38O3. The number of ether oxygens (including phenoxy) is 2. The standard InChI is InChI=1S/C31H38O3/c1-25(2)13-12-15-26(3)14-8-5-6-11-22-34-30-24-28(23-27-16-9-7-10-17-27)18-19-29(30)20-21-31(32)33-4/h6-7,9-11,13-14,16-21,24H,5,8,12,15,22-23H2,1-4H3/b11-6+,21-20+,26-14-. The number of allylic oxidation sites excluding steroid dienone is 5. The quantitative estimate of drug-likeness (QED) is 0.133. The Kier molecular flexibility index (Phi) is 12.3. The molecule has 0 saturated heterocycles. The van der Waals surface area contributed by atoms with Gasteiger partial charge in [0.05, 0.1) is 7.11 Å². The molecule has 3 nitrogen and oxygen atoms in total. The summed E-state index contributed by atoms with van der Waals surface area (Å²) in [5, 5.41) is 0. The summed E-state index contributed by atoms with van der Waals surface area (Å²) in [6.45, 7) is 6.97. The highest BCUT2D eigenvalue weighted by Gasteiger charge is 2.05. The van der Waals surface area contributed by atoms with Crippen molar-refractivity contribution in [2.75, 3.05) is 13.7 Å². The van der Waals surface area contributed by atoms with Crippen molar-refractivity contribution in [3.8, 4) is 5.75 Å². The number of rotatable bonds is 13. The molecule has 0 radical (unpaired) electrons. The molecule has 0 fully saturated rings. The zero-order valence-electron chi connectivity index (χ0n) is 21.1. The van der Waals surface area contributed by atoms with Crippen LogP contribution < -0.4 is 4.74 Å². The van der Waals surface area contributed by atoms with Crippen LogP contribution in [0.4, 0.5) is 0 Å². The van der Waals surface area contributed by atoms with Crippen LogP contribution in [0.25, 0.3) is 6.08 Å². The van der Waals surface area contributed by atoms with Gasteiger partial charge < -0.3 is 9.47 Å². The fraction of sp³-hybridized carbons (Fsp3) is 0.323. The van der Waals surface area contributed by atoms with E-state index in [2.05, 4.69) is 69.3 Å². The number of unbranched alkanes of at least 4 members (excludes halogenated alkanes) is 1. The summed E-state index contributed by atoms with van der Waals surface area (Å²) in [5.41, 5.74) is 6.08. The van der Waals surface area contributed by atoms with E-state index in [0.717, 1.165) is 49.0 Å². The van der Waals surface area contributed by atoms with E-state index in [4.69, 9.17) is 9.47 Å². The molecule has 0 aliphatic carbocycles. The molecule has 180 valence electrons. The van der Waals surface area contributed by atoms with Crippen molar-refractivity contribution in [3.63, 3.8) is 0 Å². The number of benzene rings is 2. The molecule has 0 bridgehead atoms. The lowest BCUT2D eigenvalue weighted by Gasteiger charge is -2.10. The van der Waals surface area contributed by atoms with Gasteiger partial charge in [-0.05, 0) is 76.1 Å². The Labute approximate surface area is 205 Å². The van der Waals surface area contributed by atoms with Crippen LogP contribution in [-0.2, 0) is 16.0 Å². The minimum atomic E-state index is -0.386. The summed E-state index contributed by atoms with van der Waals surface area (Å²) >= 11 is 0. The smallest absolute Gasteiger partial charge is 0.330 e. The Morgan fingerprint density at radius 3 is 2.41 bits per heavy atom. The summed E-state index contributed by atoms with van der Waals surface area (Å²) in [6.07, 6.45) is 17.1. The van der Waals surface area contributed by atoms with Crippen molar-refractivity contribution >= 4 is 12.0 Å². The Balaban J connectivity index is 1.94. The van der Waals surface area contributed by atoms with Crippen LogP contribution in [-0.4, -0.2) is 19.7 Å². The van der Waals surface area contributed by atoms with E-state index in [1.54, 1.807) is 6.08 Å². The molecule has 34 heavy (non-hydrogen) atoms. The van der Waals surface area contributed by atoms with Gasteiger partial charge in [-0.2, -0.15) is 0 Å². The molecule has 0 amide bonds. The first-order chi connectivity index (χ1) is 16.5. The van der Waals surface area contributed by atoms with Crippen LogP contribution in [0.1, 0.15) is 63.1 Å². The molecule has 2 aromatic carbocycles. The van der Waals surface area contributed by atoms with Crippen LogP contribution in [0.5, 0.6) is 5.75 Å². The fourth-order valence-electron chi connectivity index (χ4n) is 3.45. The maximum atomic E-state index is 11.5.